The minimum Gasteiger partial charge on any atom is -0.492 e. The molecule has 1 rings (SSSR count). The number of benzene rings is 1. The van der Waals surface area contributed by atoms with Gasteiger partial charge in [-0.3, -0.25) is 0 Å². The maximum absolute atomic E-state index is 5.89. The third-order valence-electron chi connectivity index (χ3n) is 1.76. The first-order valence-corrected chi connectivity index (χ1v) is 5.16. The summed E-state index contributed by atoms with van der Waals surface area (Å²) in [7, 11) is 0. The Morgan fingerprint density at radius 1 is 1.31 bits per heavy atom. The molecular formula is C10H13ClOS. The Hall–Kier alpha value is -0.340. The minimum atomic E-state index is 0.631. The van der Waals surface area contributed by atoms with E-state index >= 15 is 0 Å². The lowest BCUT2D eigenvalue weighted by Crippen LogP contribution is -2.01. The predicted molar refractivity (Wildman–Crippen MR) is 60.3 cm³/mol. The van der Waals surface area contributed by atoms with Crippen LogP contribution in [0.4, 0.5) is 0 Å². The summed E-state index contributed by atoms with van der Waals surface area (Å²) in [4.78, 5) is 0. The average molecular weight is 217 g/mol. The molecule has 0 unspecified atom stereocenters. The van der Waals surface area contributed by atoms with Crippen molar-refractivity contribution in [2.45, 2.75) is 13.8 Å². The molecule has 0 spiro atoms. The van der Waals surface area contributed by atoms with Gasteiger partial charge in [0.05, 0.1) is 6.61 Å². The Morgan fingerprint density at radius 2 is 1.85 bits per heavy atom. The van der Waals surface area contributed by atoms with Crippen LogP contribution >= 0.6 is 24.2 Å². The van der Waals surface area contributed by atoms with Gasteiger partial charge in [-0.25, -0.2) is 0 Å². The van der Waals surface area contributed by atoms with E-state index in [1.165, 1.54) is 0 Å². The molecule has 72 valence electrons. The van der Waals surface area contributed by atoms with Gasteiger partial charge in [0, 0.05) is 10.8 Å². The van der Waals surface area contributed by atoms with Crippen molar-refractivity contribution in [3.8, 4) is 5.75 Å². The molecule has 0 N–H and O–H groups in total. The molecule has 3 heteroatoms. The van der Waals surface area contributed by atoms with Gasteiger partial charge in [-0.15, -0.1) is 0 Å². The first-order chi connectivity index (χ1) is 6.15. The Balaban J connectivity index is 2.92. The zero-order valence-corrected chi connectivity index (χ0v) is 9.45. The van der Waals surface area contributed by atoms with Gasteiger partial charge in [0.15, 0.2) is 0 Å². The molecule has 0 aliphatic heterocycles. The summed E-state index contributed by atoms with van der Waals surface area (Å²) in [5, 5.41) is 0.758. The molecule has 0 atom stereocenters. The predicted octanol–water partition coefficient (Wildman–Crippen LogP) is 3.27. The van der Waals surface area contributed by atoms with E-state index < -0.39 is 0 Å². The molecule has 1 nitrogen and oxygen atoms in total. The fourth-order valence-electron chi connectivity index (χ4n) is 1.27. The Kier molecular flexibility index (Phi) is 3.94. The van der Waals surface area contributed by atoms with Gasteiger partial charge in [-0.05, 0) is 37.1 Å². The van der Waals surface area contributed by atoms with E-state index in [0.29, 0.717) is 6.61 Å². The van der Waals surface area contributed by atoms with Crippen LogP contribution in [0.5, 0.6) is 5.75 Å². The van der Waals surface area contributed by atoms with Crippen LogP contribution in [-0.2, 0) is 0 Å². The smallest absolute Gasteiger partial charge is 0.125 e. The Morgan fingerprint density at radius 3 is 2.31 bits per heavy atom. The Bertz CT molecular complexity index is 276. The van der Waals surface area contributed by atoms with Crippen molar-refractivity contribution < 1.29 is 4.74 Å². The monoisotopic (exact) mass is 216 g/mol. The van der Waals surface area contributed by atoms with E-state index in [1.54, 1.807) is 0 Å². The second-order valence-electron chi connectivity index (χ2n) is 2.94. The Labute approximate surface area is 89.5 Å². The van der Waals surface area contributed by atoms with Gasteiger partial charge in [0.1, 0.15) is 5.75 Å². The average Bonchev–Trinajstić information content (AvgIpc) is 2.02. The molecular weight excluding hydrogens is 204 g/mol. The second-order valence-corrected chi connectivity index (χ2v) is 3.82. The van der Waals surface area contributed by atoms with Gasteiger partial charge in [-0.2, -0.15) is 12.6 Å². The number of hydrogen-bond acceptors (Lipinski definition) is 2. The SMILES string of the molecule is Cc1cc(Cl)cc(C)c1OCCS. The van der Waals surface area contributed by atoms with Crippen molar-refractivity contribution in [1.82, 2.24) is 0 Å². The lowest BCUT2D eigenvalue weighted by molar-refractivity contribution is 0.339. The molecule has 0 aliphatic rings. The summed E-state index contributed by atoms with van der Waals surface area (Å²) in [5.41, 5.74) is 2.15. The van der Waals surface area contributed by atoms with Crippen LogP contribution in [0.15, 0.2) is 12.1 Å². The van der Waals surface area contributed by atoms with Gasteiger partial charge in [-0.1, -0.05) is 11.6 Å². The number of halogens is 1. The quantitative estimate of drug-likeness (QED) is 0.764. The molecule has 0 heterocycles. The lowest BCUT2D eigenvalue weighted by Gasteiger charge is -2.11. The van der Waals surface area contributed by atoms with Crippen LogP contribution in [-0.4, -0.2) is 12.4 Å². The van der Waals surface area contributed by atoms with E-state index in [9.17, 15) is 0 Å². The zero-order valence-electron chi connectivity index (χ0n) is 7.80. The van der Waals surface area contributed by atoms with Crippen LogP contribution in [0.1, 0.15) is 11.1 Å². The normalized spacial score (nSPS) is 10.2. The summed E-state index contributed by atoms with van der Waals surface area (Å²) >= 11 is 9.97. The molecule has 0 saturated carbocycles. The van der Waals surface area contributed by atoms with Crippen molar-refractivity contribution in [1.29, 1.82) is 0 Å². The molecule has 0 radical (unpaired) electrons. The largest absolute Gasteiger partial charge is 0.492 e. The maximum atomic E-state index is 5.89. The molecule has 0 bridgehead atoms. The fourth-order valence-corrected chi connectivity index (χ4v) is 1.69. The number of rotatable bonds is 3. The standard InChI is InChI=1S/C10H13ClOS/c1-7-5-9(11)6-8(2)10(7)12-3-4-13/h5-6,13H,3-4H2,1-2H3. The first-order valence-electron chi connectivity index (χ1n) is 4.15. The number of thiol groups is 1. The van der Waals surface area contributed by atoms with E-state index in [0.717, 1.165) is 27.7 Å². The summed E-state index contributed by atoms with van der Waals surface area (Å²) < 4.78 is 5.54. The van der Waals surface area contributed by atoms with Crippen LogP contribution < -0.4 is 4.74 Å². The van der Waals surface area contributed by atoms with Crippen molar-refractivity contribution in [3.63, 3.8) is 0 Å². The highest BCUT2D eigenvalue weighted by molar-refractivity contribution is 7.80. The van der Waals surface area contributed by atoms with Gasteiger partial charge in [0.2, 0.25) is 0 Å². The molecule has 1 aromatic carbocycles. The minimum absolute atomic E-state index is 0.631. The summed E-state index contributed by atoms with van der Waals surface area (Å²) in [6.45, 7) is 4.62. The summed E-state index contributed by atoms with van der Waals surface area (Å²) in [6.07, 6.45) is 0. The number of aryl methyl sites for hydroxylation is 2. The van der Waals surface area contributed by atoms with Crippen molar-refractivity contribution in [2.24, 2.45) is 0 Å². The van der Waals surface area contributed by atoms with Crippen LogP contribution in [0.25, 0.3) is 0 Å². The van der Waals surface area contributed by atoms with E-state index in [2.05, 4.69) is 12.6 Å². The second kappa shape index (κ2) is 4.77. The third kappa shape index (κ3) is 2.82. The molecule has 1 aromatic rings. The number of ether oxygens (including phenoxy) is 1. The summed E-state index contributed by atoms with van der Waals surface area (Å²) in [5.74, 6) is 1.65. The highest BCUT2D eigenvalue weighted by Crippen LogP contribution is 2.26. The van der Waals surface area contributed by atoms with E-state index in [1.807, 2.05) is 26.0 Å². The van der Waals surface area contributed by atoms with Gasteiger partial charge in [0.25, 0.3) is 0 Å². The number of hydrogen-bond donors (Lipinski definition) is 1. The highest BCUT2D eigenvalue weighted by atomic mass is 35.5. The first kappa shape index (κ1) is 10.7. The topological polar surface area (TPSA) is 9.23 Å². The van der Waals surface area contributed by atoms with Crippen molar-refractivity contribution in [3.05, 3.63) is 28.3 Å². The third-order valence-corrected chi connectivity index (χ3v) is 2.16. The van der Waals surface area contributed by atoms with Crippen LogP contribution in [0.2, 0.25) is 5.02 Å². The molecule has 0 aromatic heterocycles. The molecule has 0 saturated heterocycles. The molecule has 0 aliphatic carbocycles. The molecule has 0 fully saturated rings. The van der Waals surface area contributed by atoms with Crippen LogP contribution in [0.3, 0.4) is 0 Å². The molecule has 0 amide bonds. The van der Waals surface area contributed by atoms with Crippen molar-refractivity contribution >= 4 is 24.2 Å². The van der Waals surface area contributed by atoms with Crippen molar-refractivity contribution in [2.75, 3.05) is 12.4 Å². The maximum Gasteiger partial charge on any atom is 0.125 e. The zero-order chi connectivity index (χ0) is 9.84. The van der Waals surface area contributed by atoms with E-state index in [-0.39, 0.29) is 0 Å². The van der Waals surface area contributed by atoms with Gasteiger partial charge >= 0.3 is 0 Å². The highest BCUT2D eigenvalue weighted by Gasteiger charge is 2.04. The fraction of sp³-hybridized carbons (Fsp3) is 0.400. The van der Waals surface area contributed by atoms with E-state index in [4.69, 9.17) is 16.3 Å². The molecule has 13 heavy (non-hydrogen) atoms. The van der Waals surface area contributed by atoms with Gasteiger partial charge < -0.3 is 4.74 Å². The van der Waals surface area contributed by atoms with Crippen LogP contribution in [0, 0.1) is 13.8 Å². The summed E-state index contributed by atoms with van der Waals surface area (Å²) in [6, 6.07) is 3.81. The lowest BCUT2D eigenvalue weighted by atomic mass is 10.1.